The molecule has 1 aliphatic rings. The van der Waals surface area contributed by atoms with Gasteiger partial charge in [-0.25, -0.2) is 0 Å². The number of aldehydes is 1. The van der Waals surface area contributed by atoms with Gasteiger partial charge in [-0.1, -0.05) is 19.3 Å². The van der Waals surface area contributed by atoms with Crippen LogP contribution in [0, 0.1) is 0 Å². The summed E-state index contributed by atoms with van der Waals surface area (Å²) in [6, 6.07) is 6.15. The Balaban J connectivity index is 2.24. The maximum Gasteiger partial charge on any atom is 0.150 e. The average molecular weight is 326 g/mol. The fourth-order valence-corrected chi connectivity index (χ4v) is 3.45. The van der Waals surface area contributed by atoms with Gasteiger partial charge in [0.25, 0.3) is 0 Å². The highest BCUT2D eigenvalue weighted by Crippen LogP contribution is 2.32. The number of hydrogen-bond acceptors (Lipinski definition) is 3. The third kappa shape index (κ3) is 3.57. The van der Waals surface area contributed by atoms with Crippen molar-refractivity contribution in [3.05, 3.63) is 28.2 Å². The van der Waals surface area contributed by atoms with Crippen molar-refractivity contribution < 1.29 is 9.90 Å². The molecule has 1 fully saturated rings. The van der Waals surface area contributed by atoms with Crippen molar-refractivity contribution in [2.75, 3.05) is 18.1 Å². The Morgan fingerprint density at radius 3 is 2.63 bits per heavy atom. The molecule has 104 valence electrons. The van der Waals surface area contributed by atoms with Crippen LogP contribution in [0.25, 0.3) is 0 Å². The van der Waals surface area contributed by atoms with E-state index in [-0.39, 0.29) is 6.61 Å². The van der Waals surface area contributed by atoms with Crippen LogP contribution in [0.2, 0.25) is 0 Å². The minimum Gasteiger partial charge on any atom is -0.395 e. The third-order valence-corrected chi connectivity index (χ3v) is 4.41. The number of aliphatic hydroxyl groups excluding tert-OH is 1. The number of nitrogens with zero attached hydrogens (tertiary/aromatic N) is 1. The molecule has 1 aromatic carbocycles. The molecule has 1 aliphatic carbocycles. The van der Waals surface area contributed by atoms with E-state index < -0.39 is 0 Å². The van der Waals surface area contributed by atoms with Crippen molar-refractivity contribution in [2.45, 2.75) is 38.1 Å². The molecule has 0 spiro atoms. The number of aliphatic hydroxyl groups is 1. The van der Waals surface area contributed by atoms with E-state index in [0.29, 0.717) is 18.2 Å². The van der Waals surface area contributed by atoms with Gasteiger partial charge in [-0.2, -0.15) is 0 Å². The second-order valence-corrected chi connectivity index (χ2v) is 5.89. The lowest BCUT2D eigenvalue weighted by molar-refractivity contribution is 0.112. The minimum atomic E-state index is 0.151. The predicted octanol–water partition coefficient (Wildman–Crippen LogP) is 3.39. The van der Waals surface area contributed by atoms with E-state index >= 15 is 0 Å². The van der Waals surface area contributed by atoms with Gasteiger partial charge in [0.2, 0.25) is 0 Å². The van der Waals surface area contributed by atoms with Crippen LogP contribution in [0.4, 0.5) is 5.69 Å². The zero-order valence-corrected chi connectivity index (χ0v) is 12.6. The molecule has 1 aromatic rings. The van der Waals surface area contributed by atoms with Crippen LogP contribution >= 0.6 is 15.9 Å². The summed E-state index contributed by atoms with van der Waals surface area (Å²) in [7, 11) is 0. The van der Waals surface area contributed by atoms with Crippen LogP contribution in [0.5, 0.6) is 0 Å². The molecule has 0 amide bonds. The topological polar surface area (TPSA) is 40.5 Å². The molecular formula is C15H20BrNO2. The van der Waals surface area contributed by atoms with Gasteiger partial charge >= 0.3 is 0 Å². The van der Waals surface area contributed by atoms with E-state index in [4.69, 9.17) is 0 Å². The van der Waals surface area contributed by atoms with Gasteiger partial charge in [-0.3, -0.25) is 4.79 Å². The minimum absolute atomic E-state index is 0.151. The fraction of sp³-hybridized carbons (Fsp3) is 0.533. The lowest BCUT2D eigenvalue weighted by Gasteiger charge is -2.36. The molecule has 0 heterocycles. The highest BCUT2D eigenvalue weighted by molar-refractivity contribution is 9.10. The second kappa shape index (κ2) is 7.06. The lowest BCUT2D eigenvalue weighted by atomic mass is 9.93. The molecule has 0 saturated heterocycles. The Labute approximate surface area is 122 Å². The number of hydrogen-bond donors (Lipinski definition) is 1. The molecular weight excluding hydrogens is 306 g/mol. The predicted molar refractivity (Wildman–Crippen MR) is 80.8 cm³/mol. The average Bonchev–Trinajstić information content (AvgIpc) is 2.46. The molecule has 0 bridgehead atoms. The van der Waals surface area contributed by atoms with Gasteiger partial charge in [0.1, 0.15) is 6.29 Å². The molecule has 3 nitrogen and oxygen atoms in total. The Morgan fingerprint density at radius 2 is 2.05 bits per heavy atom. The first-order valence-corrected chi connectivity index (χ1v) is 7.68. The molecule has 0 aromatic heterocycles. The maximum atomic E-state index is 10.8. The summed E-state index contributed by atoms with van der Waals surface area (Å²) in [6.45, 7) is 0.794. The van der Waals surface area contributed by atoms with Gasteiger partial charge in [-0.15, -0.1) is 0 Å². The van der Waals surface area contributed by atoms with Crippen LogP contribution in [-0.2, 0) is 0 Å². The summed E-state index contributed by atoms with van der Waals surface area (Å²) in [6.07, 6.45) is 7.05. The molecule has 0 radical (unpaired) electrons. The molecule has 1 N–H and O–H groups in total. The standard InChI is InChI=1S/C15H20BrNO2/c16-14-10-12(11-19)6-7-15(14)17(8-9-18)13-4-2-1-3-5-13/h6-7,10-11,13,18H,1-5,8-9H2. The van der Waals surface area contributed by atoms with Crippen LogP contribution < -0.4 is 4.90 Å². The van der Waals surface area contributed by atoms with Crippen LogP contribution in [-0.4, -0.2) is 30.6 Å². The number of carbonyl (C=O) groups excluding carboxylic acids is 1. The van der Waals surface area contributed by atoms with Crippen molar-refractivity contribution in [1.29, 1.82) is 0 Å². The first kappa shape index (κ1) is 14.5. The number of carbonyl (C=O) groups is 1. The quantitative estimate of drug-likeness (QED) is 0.843. The Morgan fingerprint density at radius 1 is 1.32 bits per heavy atom. The molecule has 4 heteroatoms. The van der Waals surface area contributed by atoms with E-state index in [9.17, 15) is 9.90 Å². The van der Waals surface area contributed by atoms with Crippen molar-refractivity contribution in [3.8, 4) is 0 Å². The van der Waals surface area contributed by atoms with Crippen molar-refractivity contribution in [1.82, 2.24) is 0 Å². The summed E-state index contributed by atoms with van der Waals surface area (Å²) in [5.74, 6) is 0. The summed E-state index contributed by atoms with van der Waals surface area (Å²) in [5, 5.41) is 9.31. The molecule has 0 unspecified atom stereocenters. The first-order chi connectivity index (χ1) is 9.26. The Kier molecular flexibility index (Phi) is 5.40. The van der Waals surface area contributed by atoms with E-state index in [0.717, 1.165) is 16.4 Å². The van der Waals surface area contributed by atoms with E-state index in [1.807, 2.05) is 18.2 Å². The smallest absolute Gasteiger partial charge is 0.150 e. The van der Waals surface area contributed by atoms with Crippen molar-refractivity contribution in [2.24, 2.45) is 0 Å². The molecule has 1 saturated carbocycles. The van der Waals surface area contributed by atoms with Gasteiger partial charge in [-0.05, 0) is 47.0 Å². The summed E-state index contributed by atoms with van der Waals surface area (Å²) >= 11 is 3.54. The van der Waals surface area contributed by atoms with Gasteiger partial charge < -0.3 is 10.0 Å². The number of anilines is 1. The number of rotatable bonds is 5. The highest BCUT2D eigenvalue weighted by Gasteiger charge is 2.22. The van der Waals surface area contributed by atoms with Gasteiger partial charge in [0.05, 0.1) is 12.3 Å². The fourth-order valence-electron chi connectivity index (χ4n) is 2.83. The highest BCUT2D eigenvalue weighted by atomic mass is 79.9. The summed E-state index contributed by atoms with van der Waals surface area (Å²) < 4.78 is 0.927. The lowest BCUT2D eigenvalue weighted by Crippen LogP contribution is -2.39. The molecule has 0 aliphatic heterocycles. The molecule has 0 atom stereocenters. The Bertz CT molecular complexity index is 430. The van der Waals surface area contributed by atoms with Crippen LogP contribution in [0.3, 0.4) is 0 Å². The monoisotopic (exact) mass is 325 g/mol. The van der Waals surface area contributed by atoms with Crippen LogP contribution in [0.1, 0.15) is 42.5 Å². The van der Waals surface area contributed by atoms with E-state index in [1.165, 1.54) is 32.1 Å². The Hall–Kier alpha value is -0.870. The zero-order chi connectivity index (χ0) is 13.7. The van der Waals surface area contributed by atoms with Gasteiger partial charge in [0.15, 0.2) is 0 Å². The number of benzene rings is 1. The normalized spacial score (nSPS) is 16.3. The first-order valence-electron chi connectivity index (χ1n) is 6.88. The largest absolute Gasteiger partial charge is 0.395 e. The maximum absolute atomic E-state index is 10.8. The van der Waals surface area contributed by atoms with Crippen molar-refractivity contribution in [3.63, 3.8) is 0 Å². The molecule has 2 rings (SSSR count). The van der Waals surface area contributed by atoms with E-state index in [2.05, 4.69) is 20.8 Å². The third-order valence-electron chi connectivity index (χ3n) is 3.77. The molecule has 19 heavy (non-hydrogen) atoms. The van der Waals surface area contributed by atoms with Crippen molar-refractivity contribution >= 4 is 27.9 Å². The second-order valence-electron chi connectivity index (χ2n) is 5.04. The van der Waals surface area contributed by atoms with Gasteiger partial charge in [0, 0.05) is 22.6 Å². The van der Waals surface area contributed by atoms with E-state index in [1.54, 1.807) is 0 Å². The number of halogens is 1. The summed E-state index contributed by atoms with van der Waals surface area (Å²) in [4.78, 5) is 13.1. The van der Waals surface area contributed by atoms with Crippen LogP contribution in [0.15, 0.2) is 22.7 Å². The SMILES string of the molecule is O=Cc1ccc(N(CCO)C2CCCCC2)c(Br)c1. The summed E-state index contributed by atoms with van der Waals surface area (Å²) in [5.41, 5.74) is 1.75. The zero-order valence-electron chi connectivity index (χ0n) is 11.0.